The lowest BCUT2D eigenvalue weighted by molar-refractivity contribution is 1.17. The van der Waals surface area contributed by atoms with E-state index < -0.39 is 0 Å². The Balaban J connectivity index is 0.000000130. The second-order valence-electron chi connectivity index (χ2n) is 29.6. The molecule has 22 rings (SSSR count). The molecule has 0 saturated carbocycles. The zero-order chi connectivity index (χ0) is 78.0. The molecule has 0 saturated heterocycles. The van der Waals surface area contributed by atoms with E-state index in [9.17, 15) is 0 Å². The maximum absolute atomic E-state index is 3.56. The Morgan fingerprint density at radius 3 is 0.788 bits per heavy atom. The molecular weight excluding hydrogens is 1490 g/mol. The standard InChI is InChI=1S/C56H38N2.C32H21Br.C24H18N2.CH4/c1-4-16-40(17-5-1)55-49-24-10-11-25-50(49)56(41-18-6-2-7-19-41)52-38-42(30-37-51(52)55)39-28-31-44(32-29-39)57(43-20-8-3-9-21-43)45-33-35-46(36-34-45)58-53-26-14-12-22-47(53)48-23-13-15-27-54(48)58;33-26-18-15-22(16-19-26)25-17-20-29-30(21-25)32(24-11-5-2-6-12-24)28-14-8-7-13-27(28)31(29)23-9-3-1-4-10-23;1-2-8-18(9-3-1)25-19-14-16-20(17-15-19)26-23-12-6-4-10-21(23)22-11-5-7-13-24(22)26;/h1-38H;1-21H;1-17,25H;1H4. The first-order valence-electron chi connectivity index (χ1n) is 39.9. The molecule has 0 atom stereocenters. The van der Waals surface area contributed by atoms with Gasteiger partial charge in [0.2, 0.25) is 0 Å². The molecule has 4 nitrogen and oxygen atoms in total. The molecule has 0 radical (unpaired) electrons. The summed E-state index contributed by atoms with van der Waals surface area (Å²) in [5.74, 6) is 0. The minimum Gasteiger partial charge on any atom is -0.356 e. The summed E-state index contributed by atoms with van der Waals surface area (Å²) in [5.41, 5.74) is 27.5. The van der Waals surface area contributed by atoms with Crippen molar-refractivity contribution in [2.75, 3.05) is 10.2 Å². The Kier molecular flexibility index (Phi) is 20.2. The summed E-state index contributed by atoms with van der Waals surface area (Å²) in [6, 6.07) is 165. The predicted molar refractivity (Wildman–Crippen MR) is 509 cm³/mol. The van der Waals surface area contributed by atoms with E-state index in [0.717, 1.165) is 38.6 Å². The number of anilines is 5. The van der Waals surface area contributed by atoms with Crippen molar-refractivity contribution in [2.24, 2.45) is 0 Å². The second-order valence-corrected chi connectivity index (χ2v) is 30.5. The van der Waals surface area contributed by atoms with E-state index in [2.05, 4.69) is 478 Å². The fourth-order valence-corrected chi connectivity index (χ4v) is 17.6. The first-order chi connectivity index (χ1) is 58.0. The fraction of sp³-hybridized carbons (Fsp3) is 0.00885. The largest absolute Gasteiger partial charge is 0.356 e. The van der Waals surface area contributed by atoms with Crippen LogP contribution in [-0.2, 0) is 0 Å². The lowest BCUT2D eigenvalue weighted by atomic mass is 9.85. The Hall–Kier alpha value is -14.9. The number of hydrogen-bond donors (Lipinski definition) is 1. The molecule has 0 fully saturated rings. The van der Waals surface area contributed by atoms with Gasteiger partial charge >= 0.3 is 0 Å². The van der Waals surface area contributed by atoms with E-state index in [1.807, 2.05) is 18.2 Å². The summed E-state index contributed by atoms with van der Waals surface area (Å²) >= 11 is 3.56. The van der Waals surface area contributed by atoms with Gasteiger partial charge in [0, 0.05) is 65.8 Å². The van der Waals surface area contributed by atoms with Crippen LogP contribution in [0.2, 0.25) is 0 Å². The highest BCUT2D eigenvalue weighted by atomic mass is 79.9. The van der Waals surface area contributed by atoms with Crippen LogP contribution in [0, 0.1) is 0 Å². The van der Waals surface area contributed by atoms with Gasteiger partial charge in [0.1, 0.15) is 0 Å². The summed E-state index contributed by atoms with van der Waals surface area (Å²) in [4.78, 5) is 2.34. The van der Waals surface area contributed by atoms with Crippen LogP contribution in [0.3, 0.4) is 0 Å². The average molecular weight is 1570 g/mol. The van der Waals surface area contributed by atoms with Crippen molar-refractivity contribution >= 4 is 131 Å². The Bertz CT molecular complexity index is 7230. The minimum atomic E-state index is 0. The molecule has 0 aliphatic heterocycles. The van der Waals surface area contributed by atoms with Crippen LogP contribution in [0.25, 0.3) is 165 Å². The van der Waals surface area contributed by atoms with Gasteiger partial charge in [0.15, 0.2) is 0 Å². The summed E-state index contributed by atoms with van der Waals surface area (Å²) in [6.45, 7) is 0. The summed E-state index contributed by atoms with van der Waals surface area (Å²) in [6.07, 6.45) is 0. The van der Waals surface area contributed by atoms with Crippen molar-refractivity contribution in [1.82, 2.24) is 9.13 Å². The third-order valence-corrected chi connectivity index (χ3v) is 23.2. The van der Waals surface area contributed by atoms with Gasteiger partial charge in [-0.3, -0.25) is 0 Å². The van der Waals surface area contributed by atoms with Crippen LogP contribution < -0.4 is 10.2 Å². The Morgan fingerprint density at radius 1 is 0.186 bits per heavy atom. The number of fused-ring (bicyclic) bond motifs is 10. The van der Waals surface area contributed by atoms with Gasteiger partial charge in [-0.25, -0.2) is 0 Å². The van der Waals surface area contributed by atoms with Gasteiger partial charge in [-0.2, -0.15) is 0 Å². The number of nitrogens with zero attached hydrogens (tertiary/aromatic N) is 3. The molecule has 0 spiro atoms. The molecule has 2 heterocycles. The molecule has 118 heavy (non-hydrogen) atoms. The van der Waals surface area contributed by atoms with Gasteiger partial charge in [-0.05, 0) is 243 Å². The van der Waals surface area contributed by atoms with E-state index in [0.29, 0.717) is 0 Å². The van der Waals surface area contributed by atoms with E-state index >= 15 is 0 Å². The first-order valence-corrected chi connectivity index (χ1v) is 40.7. The maximum Gasteiger partial charge on any atom is 0.0541 e. The average Bonchev–Trinajstić information content (AvgIpc) is 1.12. The van der Waals surface area contributed by atoms with Crippen molar-refractivity contribution in [3.63, 3.8) is 0 Å². The van der Waals surface area contributed by atoms with Crippen LogP contribution in [-0.4, -0.2) is 9.13 Å². The van der Waals surface area contributed by atoms with Crippen LogP contribution in [0.5, 0.6) is 0 Å². The third-order valence-electron chi connectivity index (χ3n) is 22.7. The quantitative estimate of drug-likeness (QED) is 0.116. The number of rotatable bonds is 13. The van der Waals surface area contributed by atoms with Crippen LogP contribution in [0.15, 0.2) is 466 Å². The summed E-state index contributed by atoms with van der Waals surface area (Å²) in [7, 11) is 0. The molecule has 560 valence electrons. The van der Waals surface area contributed by atoms with E-state index in [4.69, 9.17) is 0 Å². The molecule has 0 aliphatic rings. The highest BCUT2D eigenvalue weighted by Crippen LogP contribution is 2.48. The second kappa shape index (κ2) is 32.5. The number of hydrogen-bond acceptors (Lipinski definition) is 2. The SMILES string of the molecule is Brc1ccc(-c2ccc3c(-c4ccccc4)c4ccccc4c(-c4ccccc4)c3c2)cc1.C.c1ccc(-c2c3ccccc3c(-c3ccccc3)c3cc(-c4ccc(N(c5ccccc5)c5ccc(-n6c7ccccc7c7ccccc76)cc5)cc4)ccc23)cc1.c1ccc(Nc2ccc(-n3c4ccccc4c4ccccc43)cc2)cc1. The number of benzene rings is 20. The zero-order valence-corrected chi connectivity index (χ0v) is 65.7. The van der Waals surface area contributed by atoms with Gasteiger partial charge in [0.05, 0.1) is 22.1 Å². The Morgan fingerprint density at radius 2 is 0.432 bits per heavy atom. The first kappa shape index (κ1) is 73.3. The molecule has 0 unspecified atom stereocenters. The van der Waals surface area contributed by atoms with Crippen molar-refractivity contribution in [3.8, 4) is 78.1 Å². The van der Waals surface area contributed by atoms with E-state index in [1.165, 1.54) is 159 Å². The van der Waals surface area contributed by atoms with Crippen LogP contribution >= 0.6 is 15.9 Å². The van der Waals surface area contributed by atoms with Crippen molar-refractivity contribution in [1.29, 1.82) is 0 Å². The van der Waals surface area contributed by atoms with Gasteiger partial charge in [-0.15, -0.1) is 0 Å². The molecule has 0 aliphatic carbocycles. The zero-order valence-electron chi connectivity index (χ0n) is 64.1. The number of para-hydroxylation sites is 6. The van der Waals surface area contributed by atoms with Crippen LogP contribution in [0.1, 0.15) is 7.43 Å². The predicted octanol–water partition coefficient (Wildman–Crippen LogP) is 32.5. The van der Waals surface area contributed by atoms with E-state index in [-0.39, 0.29) is 7.43 Å². The highest BCUT2D eigenvalue weighted by Gasteiger charge is 2.22. The number of aromatic nitrogens is 2. The minimum absolute atomic E-state index is 0. The van der Waals surface area contributed by atoms with Crippen molar-refractivity contribution in [3.05, 3.63) is 466 Å². The lowest BCUT2D eigenvalue weighted by Gasteiger charge is -2.26. The molecule has 20 aromatic carbocycles. The molecule has 0 amide bonds. The molecule has 5 heteroatoms. The molecule has 1 N–H and O–H groups in total. The summed E-state index contributed by atoms with van der Waals surface area (Å²) < 4.78 is 5.79. The topological polar surface area (TPSA) is 25.1 Å². The van der Waals surface area contributed by atoms with Gasteiger partial charge in [-0.1, -0.05) is 351 Å². The highest BCUT2D eigenvalue weighted by molar-refractivity contribution is 9.10. The maximum atomic E-state index is 3.56. The smallest absolute Gasteiger partial charge is 0.0541 e. The number of nitrogens with one attached hydrogen (secondary N) is 1. The van der Waals surface area contributed by atoms with E-state index in [1.54, 1.807) is 0 Å². The van der Waals surface area contributed by atoms with Crippen molar-refractivity contribution < 1.29 is 0 Å². The fourth-order valence-electron chi connectivity index (χ4n) is 17.4. The lowest BCUT2D eigenvalue weighted by Crippen LogP contribution is -2.10. The molecular formula is C113H81BrN4. The molecule has 22 aromatic rings. The van der Waals surface area contributed by atoms with Crippen molar-refractivity contribution in [2.45, 2.75) is 7.43 Å². The normalized spacial score (nSPS) is 11.2. The van der Waals surface area contributed by atoms with Gasteiger partial charge in [0.25, 0.3) is 0 Å². The molecule has 0 bridgehead atoms. The molecule has 2 aromatic heterocycles. The third kappa shape index (κ3) is 14.0. The van der Waals surface area contributed by atoms with Gasteiger partial charge < -0.3 is 19.4 Å². The monoisotopic (exact) mass is 1570 g/mol. The Labute approximate surface area is 696 Å². The summed E-state index contributed by atoms with van der Waals surface area (Å²) in [5, 5.41) is 18.7. The van der Waals surface area contributed by atoms with Crippen LogP contribution in [0.4, 0.5) is 28.4 Å². The number of halogens is 1.